The van der Waals surface area contributed by atoms with E-state index in [0.29, 0.717) is 11.4 Å². The quantitative estimate of drug-likeness (QED) is 0.335. The summed E-state index contributed by atoms with van der Waals surface area (Å²) < 4.78 is 10.7. The van der Waals surface area contributed by atoms with Gasteiger partial charge in [-0.25, -0.2) is 9.69 Å². The summed E-state index contributed by atoms with van der Waals surface area (Å²) in [6.45, 7) is 0.238. The van der Waals surface area contributed by atoms with Crippen LogP contribution in [0, 0.1) is 0 Å². The number of para-hydroxylation sites is 2. The van der Waals surface area contributed by atoms with Crippen molar-refractivity contribution in [2.75, 3.05) is 18.1 Å². The van der Waals surface area contributed by atoms with E-state index in [-0.39, 0.29) is 34.9 Å². The van der Waals surface area contributed by atoms with Crippen molar-refractivity contribution < 1.29 is 23.9 Å². The summed E-state index contributed by atoms with van der Waals surface area (Å²) in [5, 5.41) is 0.282. The minimum atomic E-state index is -0.606. The van der Waals surface area contributed by atoms with Crippen LogP contribution in [-0.2, 0) is 4.74 Å². The summed E-state index contributed by atoms with van der Waals surface area (Å²) in [4.78, 5) is 38.9. The molecule has 3 aromatic carbocycles. The average Bonchev–Trinajstić information content (AvgIpc) is 3.02. The second-order valence-corrected chi connectivity index (χ2v) is 6.86. The molecular formula is C23H16ClNO5. The number of rotatable bonds is 6. The third-order valence-electron chi connectivity index (χ3n) is 4.54. The number of carbonyl (C=O) groups is 3. The van der Waals surface area contributed by atoms with Gasteiger partial charge in [0.15, 0.2) is 0 Å². The number of esters is 1. The SMILES string of the molecule is O=C(OCCOc1ccccc1)c1ccc2c(c1)C(=O)N(c1ccccc1Cl)C2=O. The van der Waals surface area contributed by atoms with Crippen molar-refractivity contribution in [3.8, 4) is 5.75 Å². The zero-order chi connectivity index (χ0) is 21.1. The van der Waals surface area contributed by atoms with Gasteiger partial charge in [-0.15, -0.1) is 0 Å². The van der Waals surface area contributed by atoms with E-state index in [1.54, 1.807) is 36.4 Å². The van der Waals surface area contributed by atoms with Crippen molar-refractivity contribution in [2.45, 2.75) is 0 Å². The number of benzene rings is 3. The summed E-state index contributed by atoms with van der Waals surface area (Å²) in [5.74, 6) is -0.954. The fourth-order valence-corrected chi connectivity index (χ4v) is 3.33. The molecule has 0 aliphatic carbocycles. The molecule has 0 fully saturated rings. The Morgan fingerprint density at radius 2 is 1.53 bits per heavy atom. The summed E-state index contributed by atoms with van der Waals surface area (Å²) in [7, 11) is 0. The Bertz CT molecular complexity index is 1130. The first-order valence-electron chi connectivity index (χ1n) is 9.18. The van der Waals surface area contributed by atoms with Gasteiger partial charge in [0.1, 0.15) is 19.0 Å². The lowest BCUT2D eigenvalue weighted by molar-refractivity contribution is 0.0450. The molecule has 0 N–H and O–H groups in total. The van der Waals surface area contributed by atoms with Crippen LogP contribution in [0.2, 0.25) is 5.02 Å². The first kappa shape index (κ1) is 19.7. The highest BCUT2D eigenvalue weighted by Gasteiger charge is 2.38. The highest BCUT2D eigenvalue weighted by molar-refractivity contribution is 6.39. The van der Waals surface area contributed by atoms with Crippen LogP contribution in [0.5, 0.6) is 5.75 Å². The molecule has 0 saturated heterocycles. The molecule has 0 unspecified atom stereocenters. The van der Waals surface area contributed by atoms with E-state index in [1.165, 1.54) is 18.2 Å². The van der Waals surface area contributed by atoms with Gasteiger partial charge in [-0.3, -0.25) is 9.59 Å². The molecule has 1 heterocycles. The molecule has 7 heteroatoms. The minimum absolute atomic E-state index is 0.0451. The van der Waals surface area contributed by atoms with E-state index in [0.717, 1.165) is 4.90 Å². The molecule has 0 bridgehead atoms. The molecule has 0 spiro atoms. The number of hydrogen-bond donors (Lipinski definition) is 0. The molecule has 2 amide bonds. The number of amides is 2. The zero-order valence-electron chi connectivity index (χ0n) is 15.7. The highest BCUT2D eigenvalue weighted by atomic mass is 35.5. The largest absolute Gasteiger partial charge is 0.490 e. The molecule has 0 saturated carbocycles. The van der Waals surface area contributed by atoms with E-state index < -0.39 is 17.8 Å². The van der Waals surface area contributed by atoms with E-state index in [9.17, 15) is 14.4 Å². The van der Waals surface area contributed by atoms with Crippen molar-refractivity contribution in [2.24, 2.45) is 0 Å². The number of nitrogens with zero attached hydrogens (tertiary/aromatic N) is 1. The molecule has 150 valence electrons. The number of halogens is 1. The normalized spacial score (nSPS) is 12.6. The molecule has 6 nitrogen and oxygen atoms in total. The van der Waals surface area contributed by atoms with E-state index in [1.807, 2.05) is 18.2 Å². The predicted molar refractivity (Wildman–Crippen MR) is 111 cm³/mol. The van der Waals surface area contributed by atoms with Crippen LogP contribution in [0.4, 0.5) is 5.69 Å². The molecule has 0 aromatic heterocycles. The van der Waals surface area contributed by atoms with Gasteiger partial charge in [0.05, 0.1) is 27.4 Å². The minimum Gasteiger partial charge on any atom is -0.490 e. The van der Waals surface area contributed by atoms with Gasteiger partial charge in [0, 0.05) is 0 Å². The molecule has 1 aliphatic rings. The molecule has 3 aromatic rings. The van der Waals surface area contributed by atoms with E-state index in [4.69, 9.17) is 21.1 Å². The molecule has 0 atom stereocenters. The standard InChI is InChI=1S/C23H16ClNO5/c24-19-8-4-5-9-20(19)25-21(26)17-11-10-15(14-18(17)22(25)27)23(28)30-13-12-29-16-6-2-1-3-7-16/h1-11,14H,12-13H2. The third-order valence-corrected chi connectivity index (χ3v) is 4.86. The number of carbonyl (C=O) groups excluding carboxylic acids is 3. The van der Waals surface area contributed by atoms with Crippen LogP contribution in [0.3, 0.4) is 0 Å². The number of anilines is 1. The third kappa shape index (κ3) is 3.77. The van der Waals surface area contributed by atoms with Crippen molar-refractivity contribution in [3.63, 3.8) is 0 Å². The smallest absolute Gasteiger partial charge is 0.338 e. The zero-order valence-corrected chi connectivity index (χ0v) is 16.5. The number of ether oxygens (including phenoxy) is 2. The maximum absolute atomic E-state index is 12.8. The van der Waals surface area contributed by atoms with Crippen LogP contribution in [0.1, 0.15) is 31.1 Å². The Labute approximate surface area is 177 Å². The Morgan fingerprint density at radius 3 is 2.30 bits per heavy atom. The summed E-state index contributed by atoms with van der Waals surface area (Å²) in [5.41, 5.74) is 0.821. The average molecular weight is 422 g/mol. The van der Waals surface area contributed by atoms with Crippen LogP contribution >= 0.6 is 11.6 Å². The van der Waals surface area contributed by atoms with Crippen molar-refractivity contribution in [1.29, 1.82) is 0 Å². The molecular weight excluding hydrogens is 406 g/mol. The first-order valence-corrected chi connectivity index (χ1v) is 9.56. The molecule has 0 radical (unpaired) electrons. The maximum atomic E-state index is 12.8. The van der Waals surface area contributed by atoms with Gasteiger partial charge in [-0.05, 0) is 42.5 Å². The lowest BCUT2D eigenvalue weighted by Gasteiger charge is -2.15. The fraction of sp³-hybridized carbons (Fsp3) is 0.0870. The molecule has 4 rings (SSSR count). The van der Waals surface area contributed by atoms with Crippen molar-refractivity contribution in [1.82, 2.24) is 0 Å². The Hall–Kier alpha value is -3.64. The monoisotopic (exact) mass is 421 g/mol. The number of hydrogen-bond acceptors (Lipinski definition) is 5. The second kappa shape index (κ2) is 8.39. The van der Waals surface area contributed by atoms with Gasteiger partial charge in [-0.1, -0.05) is 41.9 Å². The second-order valence-electron chi connectivity index (χ2n) is 6.45. The van der Waals surface area contributed by atoms with Crippen molar-refractivity contribution in [3.05, 3.63) is 94.5 Å². The lowest BCUT2D eigenvalue weighted by Crippen LogP contribution is -2.29. The van der Waals surface area contributed by atoms with E-state index in [2.05, 4.69) is 0 Å². The van der Waals surface area contributed by atoms with Gasteiger partial charge >= 0.3 is 5.97 Å². The van der Waals surface area contributed by atoms with Gasteiger partial charge in [0.2, 0.25) is 0 Å². The fourth-order valence-electron chi connectivity index (χ4n) is 3.11. The highest BCUT2D eigenvalue weighted by Crippen LogP contribution is 2.33. The van der Waals surface area contributed by atoms with Gasteiger partial charge in [0.25, 0.3) is 11.8 Å². The summed E-state index contributed by atoms with van der Waals surface area (Å²) in [6.07, 6.45) is 0. The van der Waals surface area contributed by atoms with Crippen LogP contribution in [0.15, 0.2) is 72.8 Å². The topological polar surface area (TPSA) is 72.9 Å². The maximum Gasteiger partial charge on any atom is 0.338 e. The Morgan fingerprint density at radius 1 is 0.833 bits per heavy atom. The van der Waals surface area contributed by atoms with Crippen LogP contribution in [0.25, 0.3) is 0 Å². The van der Waals surface area contributed by atoms with Gasteiger partial charge in [-0.2, -0.15) is 0 Å². The number of imide groups is 1. The van der Waals surface area contributed by atoms with Crippen LogP contribution in [-0.4, -0.2) is 31.0 Å². The first-order chi connectivity index (χ1) is 14.6. The summed E-state index contributed by atoms with van der Waals surface area (Å²) in [6, 6.07) is 20.0. The Kier molecular flexibility index (Phi) is 5.50. The lowest BCUT2D eigenvalue weighted by atomic mass is 10.1. The molecule has 30 heavy (non-hydrogen) atoms. The number of fused-ring (bicyclic) bond motifs is 1. The Balaban J connectivity index is 1.45. The summed E-state index contributed by atoms with van der Waals surface area (Å²) >= 11 is 6.14. The van der Waals surface area contributed by atoms with Crippen LogP contribution < -0.4 is 9.64 Å². The molecule has 1 aliphatic heterocycles. The predicted octanol–water partition coefficient (Wildman–Crippen LogP) is 4.38. The van der Waals surface area contributed by atoms with E-state index >= 15 is 0 Å². The van der Waals surface area contributed by atoms with Crippen molar-refractivity contribution >= 4 is 35.1 Å². The van der Waals surface area contributed by atoms with Gasteiger partial charge < -0.3 is 9.47 Å².